The SMILES string of the molecule is CC[C@@H](CN1CC(C)(C)OC1=O)C(C)(C)C. The van der Waals surface area contributed by atoms with Gasteiger partial charge < -0.3 is 9.64 Å². The molecule has 1 atom stereocenters. The number of cyclic esters (lactones) is 1. The molecule has 1 aliphatic rings. The molecule has 1 saturated heterocycles. The van der Waals surface area contributed by atoms with Crippen molar-refractivity contribution in [3.63, 3.8) is 0 Å². The van der Waals surface area contributed by atoms with Crippen molar-refractivity contribution in [1.29, 1.82) is 0 Å². The zero-order chi connectivity index (χ0) is 12.6. The van der Waals surface area contributed by atoms with Crippen molar-refractivity contribution in [2.75, 3.05) is 13.1 Å². The Morgan fingerprint density at radius 3 is 2.31 bits per heavy atom. The summed E-state index contributed by atoms with van der Waals surface area (Å²) in [6.07, 6.45) is 0.931. The molecule has 0 aliphatic carbocycles. The van der Waals surface area contributed by atoms with E-state index in [1.807, 2.05) is 18.7 Å². The van der Waals surface area contributed by atoms with Crippen molar-refractivity contribution in [2.24, 2.45) is 11.3 Å². The Kier molecular flexibility index (Phi) is 3.56. The highest BCUT2D eigenvalue weighted by molar-refractivity contribution is 5.70. The molecule has 1 amide bonds. The van der Waals surface area contributed by atoms with Crippen molar-refractivity contribution >= 4 is 6.09 Å². The minimum atomic E-state index is -0.326. The number of nitrogens with zero attached hydrogens (tertiary/aromatic N) is 1. The zero-order valence-electron chi connectivity index (χ0n) is 11.5. The van der Waals surface area contributed by atoms with Crippen LogP contribution in [0.25, 0.3) is 0 Å². The van der Waals surface area contributed by atoms with E-state index in [1.165, 1.54) is 0 Å². The summed E-state index contributed by atoms with van der Waals surface area (Å²) in [5.41, 5.74) is -0.0883. The maximum Gasteiger partial charge on any atom is 0.410 e. The second-order valence-electron chi connectivity index (χ2n) is 6.48. The maximum atomic E-state index is 11.7. The fourth-order valence-electron chi connectivity index (χ4n) is 2.28. The summed E-state index contributed by atoms with van der Waals surface area (Å²) in [4.78, 5) is 13.5. The molecule has 0 radical (unpaired) electrons. The topological polar surface area (TPSA) is 29.5 Å². The molecule has 94 valence electrons. The minimum Gasteiger partial charge on any atom is -0.441 e. The van der Waals surface area contributed by atoms with Crippen LogP contribution in [0, 0.1) is 11.3 Å². The zero-order valence-corrected chi connectivity index (χ0v) is 11.5. The van der Waals surface area contributed by atoms with Crippen molar-refractivity contribution in [3.8, 4) is 0 Å². The van der Waals surface area contributed by atoms with Gasteiger partial charge >= 0.3 is 6.09 Å². The van der Waals surface area contributed by atoms with E-state index in [-0.39, 0.29) is 17.1 Å². The van der Waals surface area contributed by atoms with E-state index in [4.69, 9.17) is 4.74 Å². The van der Waals surface area contributed by atoms with Gasteiger partial charge in [0.2, 0.25) is 0 Å². The van der Waals surface area contributed by atoms with Gasteiger partial charge in [-0.2, -0.15) is 0 Å². The van der Waals surface area contributed by atoms with Gasteiger partial charge in [-0.15, -0.1) is 0 Å². The van der Waals surface area contributed by atoms with E-state index in [0.717, 1.165) is 13.0 Å². The summed E-state index contributed by atoms with van der Waals surface area (Å²) in [6, 6.07) is 0. The number of hydrogen-bond donors (Lipinski definition) is 0. The molecule has 0 bridgehead atoms. The predicted molar refractivity (Wildman–Crippen MR) is 65.4 cm³/mol. The smallest absolute Gasteiger partial charge is 0.410 e. The van der Waals surface area contributed by atoms with Crippen LogP contribution in [0.15, 0.2) is 0 Å². The summed E-state index contributed by atoms with van der Waals surface area (Å²) >= 11 is 0. The molecule has 0 saturated carbocycles. The molecule has 0 aromatic carbocycles. The van der Waals surface area contributed by atoms with Gasteiger partial charge in [0.25, 0.3) is 0 Å². The van der Waals surface area contributed by atoms with E-state index in [2.05, 4.69) is 27.7 Å². The van der Waals surface area contributed by atoms with Crippen molar-refractivity contribution in [3.05, 3.63) is 0 Å². The van der Waals surface area contributed by atoms with E-state index < -0.39 is 0 Å². The quantitative estimate of drug-likeness (QED) is 0.740. The Morgan fingerprint density at radius 1 is 1.44 bits per heavy atom. The van der Waals surface area contributed by atoms with Crippen LogP contribution < -0.4 is 0 Å². The van der Waals surface area contributed by atoms with Crippen LogP contribution in [0.1, 0.15) is 48.0 Å². The van der Waals surface area contributed by atoms with Crippen molar-refractivity contribution in [2.45, 2.75) is 53.6 Å². The van der Waals surface area contributed by atoms with Crippen LogP contribution in [-0.4, -0.2) is 29.7 Å². The lowest BCUT2D eigenvalue weighted by Crippen LogP contribution is -2.37. The second kappa shape index (κ2) is 4.27. The largest absolute Gasteiger partial charge is 0.441 e. The molecule has 0 aromatic rings. The number of amides is 1. The standard InChI is InChI=1S/C13H25NO2/c1-7-10(12(2,3)4)8-14-9-13(5,6)16-11(14)15/h10H,7-9H2,1-6H3/t10-/m0/s1. The first-order valence-corrected chi connectivity index (χ1v) is 6.13. The fourth-order valence-corrected chi connectivity index (χ4v) is 2.28. The highest BCUT2D eigenvalue weighted by Crippen LogP contribution is 2.31. The predicted octanol–water partition coefficient (Wildman–Crippen LogP) is 3.29. The summed E-state index contributed by atoms with van der Waals surface area (Å²) in [6.45, 7) is 14.3. The molecule has 0 spiro atoms. The minimum absolute atomic E-state index is 0.160. The van der Waals surface area contributed by atoms with Gasteiger partial charge in [0.05, 0.1) is 6.54 Å². The molecule has 1 heterocycles. The first-order chi connectivity index (χ1) is 7.15. The van der Waals surface area contributed by atoms with Crippen LogP contribution in [0.4, 0.5) is 4.79 Å². The van der Waals surface area contributed by atoms with Gasteiger partial charge in [0.1, 0.15) is 5.60 Å². The Morgan fingerprint density at radius 2 is 2.00 bits per heavy atom. The van der Waals surface area contributed by atoms with Crippen LogP contribution in [0.2, 0.25) is 0 Å². The van der Waals surface area contributed by atoms with Crippen molar-refractivity contribution in [1.82, 2.24) is 4.90 Å². The third-order valence-corrected chi connectivity index (χ3v) is 3.35. The number of hydrogen-bond acceptors (Lipinski definition) is 2. The number of carbonyl (C=O) groups excluding carboxylic acids is 1. The summed E-state index contributed by atoms with van der Waals surface area (Å²) < 4.78 is 5.31. The third kappa shape index (κ3) is 3.13. The van der Waals surface area contributed by atoms with E-state index in [9.17, 15) is 4.79 Å². The van der Waals surface area contributed by atoms with Gasteiger partial charge in [0.15, 0.2) is 0 Å². The van der Waals surface area contributed by atoms with Crippen LogP contribution in [-0.2, 0) is 4.74 Å². The Hall–Kier alpha value is -0.730. The molecular weight excluding hydrogens is 202 g/mol. The summed E-state index contributed by atoms with van der Waals surface area (Å²) in [5, 5.41) is 0. The number of carbonyl (C=O) groups is 1. The van der Waals surface area contributed by atoms with Gasteiger partial charge in [-0.05, 0) is 25.2 Å². The number of ether oxygens (including phenoxy) is 1. The highest BCUT2D eigenvalue weighted by Gasteiger charge is 2.39. The molecule has 16 heavy (non-hydrogen) atoms. The highest BCUT2D eigenvalue weighted by atomic mass is 16.6. The first kappa shape index (κ1) is 13.3. The van der Waals surface area contributed by atoms with Crippen LogP contribution in [0.5, 0.6) is 0 Å². The Bertz CT molecular complexity index is 266. The molecule has 0 aromatic heterocycles. The van der Waals surface area contributed by atoms with E-state index in [1.54, 1.807) is 0 Å². The van der Waals surface area contributed by atoms with E-state index in [0.29, 0.717) is 12.5 Å². The van der Waals surface area contributed by atoms with Gasteiger partial charge in [-0.25, -0.2) is 4.79 Å². The summed E-state index contributed by atoms with van der Waals surface area (Å²) in [7, 11) is 0. The van der Waals surface area contributed by atoms with E-state index >= 15 is 0 Å². The Balaban J connectivity index is 2.64. The van der Waals surface area contributed by atoms with Gasteiger partial charge in [-0.3, -0.25) is 0 Å². The lowest BCUT2D eigenvalue weighted by molar-refractivity contribution is 0.0852. The van der Waals surface area contributed by atoms with Gasteiger partial charge in [0, 0.05) is 6.54 Å². The second-order valence-corrected chi connectivity index (χ2v) is 6.48. The molecule has 1 fully saturated rings. The molecular formula is C13H25NO2. The third-order valence-electron chi connectivity index (χ3n) is 3.35. The normalized spacial score (nSPS) is 22.1. The number of rotatable bonds is 3. The molecule has 3 nitrogen and oxygen atoms in total. The van der Waals surface area contributed by atoms with Crippen LogP contribution >= 0.6 is 0 Å². The molecule has 1 aliphatic heterocycles. The summed E-state index contributed by atoms with van der Waals surface area (Å²) in [5.74, 6) is 0.522. The fraction of sp³-hybridized carbons (Fsp3) is 0.923. The van der Waals surface area contributed by atoms with Crippen LogP contribution in [0.3, 0.4) is 0 Å². The lowest BCUT2D eigenvalue weighted by atomic mass is 9.79. The van der Waals surface area contributed by atoms with Crippen molar-refractivity contribution < 1.29 is 9.53 Å². The molecule has 1 rings (SSSR count). The van der Waals surface area contributed by atoms with Gasteiger partial charge in [-0.1, -0.05) is 34.1 Å². The average Bonchev–Trinajstić information content (AvgIpc) is 2.33. The molecule has 3 heteroatoms. The lowest BCUT2D eigenvalue weighted by Gasteiger charge is -2.32. The first-order valence-electron chi connectivity index (χ1n) is 6.13. The molecule has 0 unspecified atom stereocenters. The molecule has 0 N–H and O–H groups in total. The monoisotopic (exact) mass is 227 g/mol. The average molecular weight is 227 g/mol. The Labute approximate surface area is 99.1 Å². The maximum absolute atomic E-state index is 11.7.